The molecule has 0 spiro atoms. The molecule has 0 saturated carbocycles. The van der Waals surface area contributed by atoms with Gasteiger partial charge in [0.2, 0.25) is 0 Å². The molecule has 12 heavy (non-hydrogen) atoms. The maximum atomic E-state index is 12.1. The zero-order valence-corrected chi connectivity index (χ0v) is 7.04. The maximum absolute atomic E-state index is 12.1. The van der Waals surface area contributed by atoms with Gasteiger partial charge in [-0.15, -0.1) is 12.6 Å². The Morgan fingerprint density at radius 3 is 1.92 bits per heavy atom. The van der Waals surface area contributed by atoms with Crippen molar-refractivity contribution >= 4 is 12.6 Å². The smallest absolute Gasteiger partial charge is 0.398 e. The standard InChI is InChI=1S/C7H8F3NS/c1-3-5(11)6(4(2)12)7(8,9)10/h3,12H,1-2,11H2/b6-5-. The quantitative estimate of drug-likeness (QED) is 0.513. The van der Waals surface area contributed by atoms with Crippen LogP contribution in [0.5, 0.6) is 0 Å². The first-order valence-corrected chi connectivity index (χ1v) is 3.33. The number of nitrogens with two attached hydrogens (primary N) is 1. The van der Waals surface area contributed by atoms with Gasteiger partial charge in [-0.2, -0.15) is 13.2 Å². The van der Waals surface area contributed by atoms with Crippen molar-refractivity contribution in [1.82, 2.24) is 0 Å². The summed E-state index contributed by atoms with van der Waals surface area (Å²) in [6, 6.07) is 0. The Labute approximate surface area is 73.9 Å². The van der Waals surface area contributed by atoms with Crippen LogP contribution < -0.4 is 5.73 Å². The van der Waals surface area contributed by atoms with Crippen LogP contribution in [0.4, 0.5) is 13.2 Å². The van der Waals surface area contributed by atoms with Gasteiger partial charge in [-0.25, -0.2) is 0 Å². The van der Waals surface area contributed by atoms with E-state index in [1.165, 1.54) is 0 Å². The average molecular weight is 195 g/mol. The zero-order valence-electron chi connectivity index (χ0n) is 6.15. The van der Waals surface area contributed by atoms with E-state index in [1.807, 2.05) is 0 Å². The molecule has 0 aromatic heterocycles. The summed E-state index contributed by atoms with van der Waals surface area (Å²) in [6.45, 7) is 6.17. The van der Waals surface area contributed by atoms with E-state index in [1.54, 1.807) is 0 Å². The van der Waals surface area contributed by atoms with Crippen molar-refractivity contribution in [2.45, 2.75) is 6.18 Å². The molecule has 0 rings (SSSR count). The molecule has 0 aromatic rings. The Balaban J connectivity index is 5.21. The lowest BCUT2D eigenvalue weighted by Gasteiger charge is -2.12. The summed E-state index contributed by atoms with van der Waals surface area (Å²) >= 11 is 3.48. The van der Waals surface area contributed by atoms with Gasteiger partial charge in [-0.05, 0) is 6.08 Å². The monoisotopic (exact) mass is 195 g/mol. The molecule has 68 valence electrons. The van der Waals surface area contributed by atoms with Gasteiger partial charge in [0.1, 0.15) is 0 Å². The minimum Gasteiger partial charge on any atom is -0.398 e. The van der Waals surface area contributed by atoms with Gasteiger partial charge in [0.15, 0.2) is 0 Å². The number of hydrogen-bond acceptors (Lipinski definition) is 2. The van der Waals surface area contributed by atoms with Crippen molar-refractivity contribution < 1.29 is 13.2 Å². The lowest BCUT2D eigenvalue weighted by Crippen LogP contribution is -2.17. The fourth-order valence-electron chi connectivity index (χ4n) is 0.596. The van der Waals surface area contributed by atoms with Crippen LogP contribution in [0.3, 0.4) is 0 Å². The van der Waals surface area contributed by atoms with Gasteiger partial charge in [0.05, 0.1) is 5.57 Å². The second-order valence-electron chi connectivity index (χ2n) is 1.98. The van der Waals surface area contributed by atoms with Crippen LogP contribution in [0.1, 0.15) is 0 Å². The summed E-state index contributed by atoms with van der Waals surface area (Å²) < 4.78 is 36.3. The molecule has 0 radical (unpaired) electrons. The molecule has 0 saturated heterocycles. The van der Waals surface area contributed by atoms with E-state index in [9.17, 15) is 13.2 Å². The normalized spacial score (nSPS) is 13.7. The zero-order chi connectivity index (χ0) is 9.94. The number of thiol groups is 1. The Morgan fingerprint density at radius 2 is 1.83 bits per heavy atom. The van der Waals surface area contributed by atoms with Crippen molar-refractivity contribution in [3.63, 3.8) is 0 Å². The summed E-state index contributed by atoms with van der Waals surface area (Å²) in [6.07, 6.45) is -3.62. The Kier molecular flexibility index (Phi) is 3.45. The van der Waals surface area contributed by atoms with Crippen LogP contribution in [0.25, 0.3) is 0 Å². The molecule has 0 bridgehead atoms. The largest absolute Gasteiger partial charge is 0.419 e. The van der Waals surface area contributed by atoms with Crippen LogP contribution >= 0.6 is 12.6 Å². The van der Waals surface area contributed by atoms with Crippen molar-refractivity contribution in [3.8, 4) is 0 Å². The molecular formula is C7H8F3NS. The van der Waals surface area contributed by atoms with Gasteiger partial charge in [0.25, 0.3) is 0 Å². The van der Waals surface area contributed by atoms with Gasteiger partial charge >= 0.3 is 6.18 Å². The number of allylic oxidation sites excluding steroid dienone is 2. The number of halogens is 3. The van der Waals surface area contributed by atoms with E-state index in [-0.39, 0.29) is 0 Å². The van der Waals surface area contributed by atoms with E-state index >= 15 is 0 Å². The third kappa shape index (κ3) is 2.65. The summed E-state index contributed by atoms with van der Waals surface area (Å²) in [5.74, 6) is 0. The van der Waals surface area contributed by atoms with E-state index < -0.39 is 22.4 Å². The van der Waals surface area contributed by atoms with Crippen LogP contribution in [-0.2, 0) is 0 Å². The summed E-state index contributed by atoms with van der Waals surface area (Å²) in [5.41, 5.74) is 3.53. The molecule has 0 amide bonds. The molecule has 5 heteroatoms. The summed E-state index contributed by atoms with van der Waals surface area (Å²) in [5, 5.41) is 0. The van der Waals surface area contributed by atoms with Gasteiger partial charge < -0.3 is 5.73 Å². The summed E-state index contributed by atoms with van der Waals surface area (Å²) in [7, 11) is 0. The van der Waals surface area contributed by atoms with Crippen molar-refractivity contribution in [3.05, 3.63) is 35.4 Å². The predicted octanol–water partition coefficient (Wildman–Crippen LogP) is 2.39. The lowest BCUT2D eigenvalue weighted by atomic mass is 10.2. The molecule has 0 heterocycles. The topological polar surface area (TPSA) is 26.0 Å². The molecule has 0 fully saturated rings. The van der Waals surface area contributed by atoms with Crippen LogP contribution in [0.15, 0.2) is 35.4 Å². The van der Waals surface area contributed by atoms with Crippen LogP contribution in [-0.4, -0.2) is 6.18 Å². The fourth-order valence-corrected chi connectivity index (χ4v) is 0.852. The van der Waals surface area contributed by atoms with Crippen LogP contribution in [0, 0.1) is 0 Å². The molecule has 1 nitrogen and oxygen atoms in total. The molecule has 0 aliphatic heterocycles. The second-order valence-corrected chi connectivity index (χ2v) is 2.52. The molecular weight excluding hydrogens is 187 g/mol. The molecule has 0 aromatic carbocycles. The Hall–Kier alpha value is -0.840. The van der Waals surface area contributed by atoms with E-state index in [4.69, 9.17) is 5.73 Å². The van der Waals surface area contributed by atoms with E-state index in [0.717, 1.165) is 6.08 Å². The van der Waals surface area contributed by atoms with Crippen molar-refractivity contribution in [1.29, 1.82) is 0 Å². The third-order valence-electron chi connectivity index (χ3n) is 1.08. The first kappa shape index (κ1) is 11.2. The highest BCUT2D eigenvalue weighted by atomic mass is 32.1. The number of hydrogen-bond donors (Lipinski definition) is 2. The SMILES string of the molecule is C=C/C(N)=C(\C(=C)S)C(F)(F)F. The number of alkyl halides is 3. The molecule has 0 aliphatic rings. The minimum absolute atomic E-state index is 0.417. The van der Waals surface area contributed by atoms with Gasteiger partial charge in [-0.3, -0.25) is 0 Å². The lowest BCUT2D eigenvalue weighted by molar-refractivity contribution is -0.0891. The molecule has 0 aliphatic carbocycles. The van der Waals surface area contributed by atoms with Gasteiger partial charge in [0, 0.05) is 10.6 Å². The van der Waals surface area contributed by atoms with E-state index in [0.29, 0.717) is 0 Å². The second kappa shape index (κ2) is 3.71. The highest BCUT2D eigenvalue weighted by Gasteiger charge is 2.36. The number of rotatable bonds is 2. The first-order valence-electron chi connectivity index (χ1n) is 2.88. The van der Waals surface area contributed by atoms with Crippen molar-refractivity contribution in [2.24, 2.45) is 5.73 Å². The highest BCUT2D eigenvalue weighted by molar-refractivity contribution is 7.84. The third-order valence-corrected chi connectivity index (χ3v) is 1.30. The predicted molar refractivity (Wildman–Crippen MR) is 45.6 cm³/mol. The average Bonchev–Trinajstić information content (AvgIpc) is 1.83. The Morgan fingerprint density at radius 1 is 1.42 bits per heavy atom. The molecule has 2 N–H and O–H groups in total. The molecule has 0 atom stereocenters. The minimum atomic E-state index is -4.53. The van der Waals surface area contributed by atoms with Crippen molar-refractivity contribution in [2.75, 3.05) is 0 Å². The van der Waals surface area contributed by atoms with E-state index in [2.05, 4.69) is 25.8 Å². The van der Waals surface area contributed by atoms with Gasteiger partial charge in [-0.1, -0.05) is 13.2 Å². The first-order chi connectivity index (χ1) is 5.30. The fraction of sp³-hybridized carbons (Fsp3) is 0.143. The Bertz CT molecular complexity index is 240. The summed E-state index contributed by atoms with van der Waals surface area (Å²) in [4.78, 5) is -0.417. The van der Waals surface area contributed by atoms with Crippen LogP contribution in [0.2, 0.25) is 0 Å². The highest BCUT2D eigenvalue weighted by Crippen LogP contribution is 2.33. The maximum Gasteiger partial charge on any atom is 0.419 e. The molecule has 0 unspecified atom stereocenters.